The van der Waals surface area contributed by atoms with E-state index in [1.807, 2.05) is 12.1 Å². The van der Waals surface area contributed by atoms with Gasteiger partial charge in [-0.15, -0.1) is 10.2 Å². The van der Waals surface area contributed by atoms with Crippen LogP contribution in [0, 0.1) is 0 Å². The smallest absolute Gasteiger partial charge is 0.175 e. The predicted molar refractivity (Wildman–Crippen MR) is 111 cm³/mol. The lowest BCUT2D eigenvalue weighted by molar-refractivity contribution is 0.194. The minimum absolute atomic E-state index is 0.271. The molecule has 1 fully saturated rings. The van der Waals surface area contributed by atoms with Gasteiger partial charge in [-0.05, 0) is 66.7 Å². The van der Waals surface area contributed by atoms with Gasteiger partial charge in [-0.1, -0.05) is 0 Å². The highest BCUT2D eigenvalue weighted by molar-refractivity contribution is 7.90. The lowest BCUT2D eigenvalue weighted by Crippen LogP contribution is -2.43. The van der Waals surface area contributed by atoms with E-state index in [9.17, 15) is 8.42 Å². The van der Waals surface area contributed by atoms with Gasteiger partial charge in [0.15, 0.2) is 21.5 Å². The van der Waals surface area contributed by atoms with Gasteiger partial charge in [0.05, 0.1) is 17.1 Å². The summed E-state index contributed by atoms with van der Waals surface area (Å²) in [5.74, 6) is 1.63. The SMILES string of the molecule is CN(Cc1nnnn1-c1ccc(S(C)(=O)=O)cc1)C1CCN(c2cccnn2)CC1. The summed E-state index contributed by atoms with van der Waals surface area (Å²) in [6, 6.07) is 10.9. The Morgan fingerprint density at radius 3 is 2.47 bits per heavy atom. The fraction of sp³-hybridized carbons (Fsp3) is 0.421. The van der Waals surface area contributed by atoms with Crippen LogP contribution in [-0.2, 0) is 16.4 Å². The molecule has 0 amide bonds. The molecule has 3 aromatic rings. The van der Waals surface area contributed by atoms with E-state index in [1.165, 1.54) is 6.26 Å². The van der Waals surface area contributed by atoms with Crippen LogP contribution in [0.15, 0.2) is 47.5 Å². The molecule has 0 spiro atoms. The molecular weight excluding hydrogens is 404 g/mol. The summed E-state index contributed by atoms with van der Waals surface area (Å²) < 4.78 is 25.0. The summed E-state index contributed by atoms with van der Waals surface area (Å²) >= 11 is 0. The Kier molecular flexibility index (Phi) is 5.73. The third-order valence-corrected chi connectivity index (χ3v) is 6.53. The molecule has 0 saturated carbocycles. The van der Waals surface area contributed by atoms with Crippen molar-refractivity contribution in [3.63, 3.8) is 0 Å². The van der Waals surface area contributed by atoms with Crippen molar-refractivity contribution in [1.82, 2.24) is 35.3 Å². The molecule has 1 saturated heterocycles. The number of hydrogen-bond donors (Lipinski definition) is 0. The predicted octanol–water partition coefficient (Wildman–Crippen LogP) is 0.957. The van der Waals surface area contributed by atoms with E-state index in [0.717, 1.165) is 37.4 Å². The van der Waals surface area contributed by atoms with Gasteiger partial charge in [0.2, 0.25) is 0 Å². The van der Waals surface area contributed by atoms with Crippen molar-refractivity contribution in [2.24, 2.45) is 0 Å². The molecular formula is C19H24N8O2S. The first-order valence-electron chi connectivity index (χ1n) is 9.72. The molecule has 158 valence electrons. The van der Waals surface area contributed by atoms with Crippen LogP contribution in [0.2, 0.25) is 0 Å². The van der Waals surface area contributed by atoms with Gasteiger partial charge in [0.25, 0.3) is 0 Å². The molecule has 1 aromatic carbocycles. The van der Waals surface area contributed by atoms with Gasteiger partial charge in [0, 0.05) is 31.6 Å². The highest BCUT2D eigenvalue weighted by Gasteiger charge is 2.24. The molecule has 3 heterocycles. The molecule has 0 N–H and O–H groups in total. The maximum Gasteiger partial charge on any atom is 0.175 e. The lowest BCUT2D eigenvalue weighted by atomic mass is 10.0. The molecule has 0 aliphatic carbocycles. The second-order valence-electron chi connectivity index (χ2n) is 7.49. The van der Waals surface area contributed by atoms with Crippen LogP contribution in [0.25, 0.3) is 5.69 Å². The Morgan fingerprint density at radius 1 is 1.10 bits per heavy atom. The Labute approximate surface area is 175 Å². The molecule has 0 atom stereocenters. The van der Waals surface area contributed by atoms with Crippen molar-refractivity contribution in [2.75, 3.05) is 31.3 Å². The second kappa shape index (κ2) is 8.44. The molecule has 0 bridgehead atoms. The fourth-order valence-corrected chi connectivity index (χ4v) is 4.32. The van der Waals surface area contributed by atoms with Gasteiger partial charge in [0.1, 0.15) is 0 Å². The van der Waals surface area contributed by atoms with Crippen LogP contribution in [0.1, 0.15) is 18.7 Å². The summed E-state index contributed by atoms with van der Waals surface area (Å²) in [4.78, 5) is 4.79. The Morgan fingerprint density at radius 2 is 1.83 bits per heavy atom. The minimum atomic E-state index is -3.24. The molecule has 11 heteroatoms. The van der Waals surface area contributed by atoms with Crippen LogP contribution in [0.5, 0.6) is 0 Å². The number of piperidine rings is 1. The van der Waals surface area contributed by atoms with E-state index in [2.05, 4.69) is 42.6 Å². The summed E-state index contributed by atoms with van der Waals surface area (Å²) in [6.45, 7) is 2.44. The van der Waals surface area contributed by atoms with E-state index >= 15 is 0 Å². The van der Waals surface area contributed by atoms with Crippen molar-refractivity contribution >= 4 is 15.7 Å². The molecule has 30 heavy (non-hydrogen) atoms. The molecule has 1 aliphatic heterocycles. The third-order valence-electron chi connectivity index (χ3n) is 5.40. The largest absolute Gasteiger partial charge is 0.355 e. The molecule has 1 aliphatic rings. The van der Waals surface area contributed by atoms with Gasteiger partial charge >= 0.3 is 0 Å². The summed E-state index contributed by atoms with van der Waals surface area (Å²) in [5.41, 5.74) is 0.730. The van der Waals surface area contributed by atoms with Crippen LogP contribution < -0.4 is 4.90 Å². The molecule has 2 aromatic heterocycles. The fourth-order valence-electron chi connectivity index (χ4n) is 3.69. The zero-order chi connectivity index (χ0) is 21.1. The topological polar surface area (TPSA) is 110 Å². The average Bonchev–Trinajstić information content (AvgIpc) is 3.22. The zero-order valence-corrected chi connectivity index (χ0v) is 17.8. The number of aromatic nitrogens is 6. The van der Waals surface area contributed by atoms with Crippen LogP contribution >= 0.6 is 0 Å². The van der Waals surface area contributed by atoms with Crippen LogP contribution in [0.3, 0.4) is 0 Å². The second-order valence-corrected chi connectivity index (χ2v) is 9.50. The number of sulfone groups is 1. The monoisotopic (exact) mass is 428 g/mol. The molecule has 0 radical (unpaired) electrons. The number of benzene rings is 1. The normalized spacial score (nSPS) is 15.6. The molecule has 4 rings (SSSR count). The van der Waals surface area contributed by atoms with E-state index in [-0.39, 0.29) is 4.90 Å². The molecule has 0 unspecified atom stereocenters. The summed E-state index contributed by atoms with van der Waals surface area (Å²) in [6.07, 6.45) is 4.90. The van der Waals surface area contributed by atoms with Gasteiger partial charge in [-0.25, -0.2) is 8.42 Å². The van der Waals surface area contributed by atoms with Gasteiger partial charge in [-0.3, -0.25) is 4.90 Å². The van der Waals surface area contributed by atoms with Crippen molar-refractivity contribution in [1.29, 1.82) is 0 Å². The Bertz CT molecular complexity index is 1080. The van der Waals surface area contributed by atoms with E-state index in [0.29, 0.717) is 18.4 Å². The first kappa shape index (κ1) is 20.4. The Hall–Kier alpha value is -2.92. The number of nitrogens with zero attached hydrogens (tertiary/aromatic N) is 8. The third kappa shape index (κ3) is 4.46. The van der Waals surface area contributed by atoms with Crippen molar-refractivity contribution in [2.45, 2.75) is 30.3 Å². The number of anilines is 1. The van der Waals surface area contributed by atoms with Crippen molar-refractivity contribution in [3.05, 3.63) is 48.4 Å². The average molecular weight is 429 g/mol. The van der Waals surface area contributed by atoms with E-state index in [1.54, 1.807) is 35.1 Å². The molecule has 10 nitrogen and oxygen atoms in total. The van der Waals surface area contributed by atoms with Gasteiger partial charge in [-0.2, -0.15) is 9.78 Å². The standard InChI is InChI=1S/C19H24N8O2S/c1-25(15-9-12-26(13-10-15)18-4-3-11-20-21-18)14-19-22-23-24-27(19)16-5-7-17(8-6-16)30(2,28)29/h3-8,11,15H,9-10,12-14H2,1-2H3. The highest BCUT2D eigenvalue weighted by atomic mass is 32.2. The highest BCUT2D eigenvalue weighted by Crippen LogP contribution is 2.21. The van der Waals surface area contributed by atoms with Gasteiger partial charge < -0.3 is 4.90 Å². The quantitative estimate of drug-likeness (QED) is 0.567. The minimum Gasteiger partial charge on any atom is -0.355 e. The van der Waals surface area contributed by atoms with E-state index < -0.39 is 9.84 Å². The number of tetrazole rings is 1. The van der Waals surface area contributed by atoms with Crippen molar-refractivity contribution in [3.8, 4) is 5.69 Å². The zero-order valence-electron chi connectivity index (χ0n) is 17.0. The Balaban J connectivity index is 1.40. The maximum absolute atomic E-state index is 11.7. The van der Waals surface area contributed by atoms with Crippen LogP contribution in [0.4, 0.5) is 5.82 Å². The van der Waals surface area contributed by atoms with Crippen LogP contribution in [-0.4, -0.2) is 76.2 Å². The van der Waals surface area contributed by atoms with Crippen molar-refractivity contribution < 1.29 is 8.42 Å². The summed E-state index contributed by atoms with van der Waals surface area (Å²) in [7, 11) is -1.16. The van der Waals surface area contributed by atoms with E-state index in [4.69, 9.17) is 0 Å². The number of rotatable bonds is 6. The first-order chi connectivity index (χ1) is 14.4. The lowest BCUT2D eigenvalue weighted by Gasteiger charge is -2.36. The maximum atomic E-state index is 11.7. The number of hydrogen-bond acceptors (Lipinski definition) is 9. The summed E-state index contributed by atoms with van der Waals surface area (Å²) in [5, 5.41) is 20.2. The first-order valence-corrected chi connectivity index (χ1v) is 11.6.